The second-order valence-electron chi connectivity index (χ2n) is 4.89. The fraction of sp³-hybridized carbons (Fsp3) is 0.125. The number of carbonyl (C=O) groups excluding carboxylic acids is 1. The molecule has 5 nitrogen and oxygen atoms in total. The predicted octanol–water partition coefficient (Wildman–Crippen LogP) is 1.97. The molecule has 0 aliphatic heterocycles. The van der Waals surface area contributed by atoms with E-state index in [4.69, 9.17) is 5.73 Å². The molecule has 0 atom stereocenters. The van der Waals surface area contributed by atoms with Crippen molar-refractivity contribution in [1.29, 1.82) is 0 Å². The molecule has 0 saturated heterocycles. The van der Waals surface area contributed by atoms with Crippen molar-refractivity contribution in [3.8, 4) is 0 Å². The fourth-order valence-electron chi connectivity index (χ4n) is 2.46. The van der Waals surface area contributed by atoms with Crippen molar-refractivity contribution in [2.45, 2.75) is 0 Å². The molecule has 2 aromatic carbocycles. The minimum atomic E-state index is -0.239. The van der Waals surface area contributed by atoms with E-state index < -0.39 is 0 Å². The first-order valence-electron chi connectivity index (χ1n) is 6.85. The number of nitrogens with two attached hydrogens (primary N) is 1. The number of para-hydroxylation sites is 2. The molecule has 0 aliphatic carbocycles. The molecule has 3 rings (SSSR count). The number of carbonyl (C=O) groups is 1. The number of aromatic nitrogens is 1. The first-order chi connectivity index (χ1) is 10.6. The van der Waals surface area contributed by atoms with Gasteiger partial charge in [-0.05, 0) is 46.9 Å². The first kappa shape index (κ1) is 15.0. The molecule has 22 heavy (non-hydrogen) atoms. The zero-order chi connectivity index (χ0) is 15.7. The molecule has 1 aromatic heterocycles. The molecule has 0 radical (unpaired) electrons. The minimum absolute atomic E-state index is 0.0734. The molecule has 0 bridgehead atoms. The number of nitrogens with one attached hydrogen (secondary N) is 2. The lowest BCUT2D eigenvalue weighted by molar-refractivity contribution is 0.0956. The van der Waals surface area contributed by atoms with Gasteiger partial charge >= 0.3 is 0 Å². The van der Waals surface area contributed by atoms with Gasteiger partial charge in [0, 0.05) is 27.4 Å². The summed E-state index contributed by atoms with van der Waals surface area (Å²) in [5.41, 5.74) is 7.09. The minimum Gasteiger partial charge on any atom is -0.353 e. The largest absolute Gasteiger partial charge is 0.353 e. The summed E-state index contributed by atoms with van der Waals surface area (Å²) in [5.74, 6) is -0.239. The van der Waals surface area contributed by atoms with Crippen LogP contribution in [-0.2, 0) is 0 Å². The summed E-state index contributed by atoms with van der Waals surface area (Å²) in [5, 5.41) is 3.87. The number of hydrogen-bond donors (Lipinski definition) is 3. The third kappa shape index (κ3) is 2.48. The SMILES string of the molecule is NCCNC(=O)c1cccc2c(=O)c3cccc(I)c3[nH]c12. The second-order valence-corrected chi connectivity index (χ2v) is 6.05. The average Bonchev–Trinajstić information content (AvgIpc) is 2.53. The summed E-state index contributed by atoms with van der Waals surface area (Å²) in [6, 6.07) is 10.7. The van der Waals surface area contributed by atoms with Crippen molar-refractivity contribution in [2.24, 2.45) is 5.73 Å². The molecule has 0 aliphatic rings. The standard InChI is InChI=1S/C16H14IN3O2/c17-12-6-2-4-10-14(12)20-13-9(15(10)21)3-1-5-11(13)16(22)19-8-7-18/h1-6H,7-8,18H2,(H,19,22)(H,20,21). The number of aromatic amines is 1. The lowest BCUT2D eigenvalue weighted by Gasteiger charge is -2.09. The van der Waals surface area contributed by atoms with Crippen LogP contribution in [-0.4, -0.2) is 24.0 Å². The number of H-pyrrole nitrogens is 1. The van der Waals surface area contributed by atoms with Crippen molar-refractivity contribution in [1.82, 2.24) is 10.3 Å². The summed E-state index contributed by atoms with van der Waals surface area (Å²) >= 11 is 2.17. The van der Waals surface area contributed by atoms with Crippen molar-refractivity contribution in [3.05, 3.63) is 55.8 Å². The number of halogens is 1. The fourth-order valence-corrected chi connectivity index (χ4v) is 3.09. The van der Waals surface area contributed by atoms with Crippen LogP contribution >= 0.6 is 22.6 Å². The van der Waals surface area contributed by atoms with Crippen molar-refractivity contribution in [2.75, 3.05) is 13.1 Å². The molecule has 112 valence electrons. The Labute approximate surface area is 140 Å². The van der Waals surface area contributed by atoms with E-state index in [2.05, 4.69) is 32.9 Å². The summed E-state index contributed by atoms with van der Waals surface area (Å²) in [6.07, 6.45) is 0. The van der Waals surface area contributed by atoms with Gasteiger partial charge in [0.05, 0.1) is 16.6 Å². The zero-order valence-electron chi connectivity index (χ0n) is 11.7. The van der Waals surface area contributed by atoms with Crippen LogP contribution < -0.4 is 16.5 Å². The van der Waals surface area contributed by atoms with E-state index in [0.717, 1.165) is 9.09 Å². The molecule has 4 N–H and O–H groups in total. The van der Waals surface area contributed by atoms with Gasteiger partial charge in [-0.1, -0.05) is 12.1 Å². The second kappa shape index (κ2) is 6.05. The van der Waals surface area contributed by atoms with Crippen LogP contribution in [0.5, 0.6) is 0 Å². The van der Waals surface area contributed by atoms with Gasteiger partial charge in [0.1, 0.15) is 0 Å². The summed E-state index contributed by atoms with van der Waals surface area (Å²) in [7, 11) is 0. The monoisotopic (exact) mass is 407 g/mol. The molecule has 0 saturated carbocycles. The van der Waals surface area contributed by atoms with Gasteiger partial charge in [0.15, 0.2) is 5.43 Å². The summed E-state index contributed by atoms with van der Waals surface area (Å²) in [6.45, 7) is 0.762. The molecule has 3 aromatic rings. The van der Waals surface area contributed by atoms with Crippen LogP contribution in [0.2, 0.25) is 0 Å². The molecular weight excluding hydrogens is 393 g/mol. The predicted molar refractivity (Wildman–Crippen MR) is 96.2 cm³/mol. The van der Waals surface area contributed by atoms with Gasteiger partial charge in [-0.2, -0.15) is 0 Å². The third-order valence-corrected chi connectivity index (χ3v) is 4.39. The number of pyridine rings is 1. The van der Waals surface area contributed by atoms with Gasteiger partial charge in [-0.3, -0.25) is 9.59 Å². The van der Waals surface area contributed by atoms with E-state index in [9.17, 15) is 9.59 Å². The summed E-state index contributed by atoms with van der Waals surface area (Å²) in [4.78, 5) is 28.2. The van der Waals surface area contributed by atoms with Crippen LogP contribution in [0.1, 0.15) is 10.4 Å². The van der Waals surface area contributed by atoms with E-state index in [1.165, 1.54) is 0 Å². The Balaban J connectivity index is 2.32. The van der Waals surface area contributed by atoms with Crippen LogP contribution in [0, 0.1) is 3.57 Å². The molecule has 0 unspecified atom stereocenters. The molecular formula is C16H14IN3O2. The quantitative estimate of drug-likeness (QED) is 0.458. The van der Waals surface area contributed by atoms with Gasteiger partial charge in [0.2, 0.25) is 0 Å². The summed E-state index contributed by atoms with van der Waals surface area (Å²) < 4.78 is 0.936. The molecule has 6 heteroatoms. The smallest absolute Gasteiger partial charge is 0.253 e. The Morgan fingerprint density at radius 3 is 2.55 bits per heavy atom. The highest BCUT2D eigenvalue weighted by atomic mass is 127. The molecule has 0 fully saturated rings. The highest BCUT2D eigenvalue weighted by Crippen LogP contribution is 2.21. The number of amides is 1. The van der Waals surface area contributed by atoms with E-state index in [1.807, 2.05) is 12.1 Å². The maximum Gasteiger partial charge on any atom is 0.253 e. The number of hydrogen-bond acceptors (Lipinski definition) is 3. The van der Waals surface area contributed by atoms with Crippen LogP contribution in [0.25, 0.3) is 21.8 Å². The number of benzene rings is 2. The van der Waals surface area contributed by atoms with Crippen molar-refractivity contribution in [3.63, 3.8) is 0 Å². The van der Waals surface area contributed by atoms with Crippen molar-refractivity contribution >= 4 is 50.3 Å². The molecule has 1 amide bonds. The third-order valence-electron chi connectivity index (χ3n) is 3.49. The van der Waals surface area contributed by atoms with Crippen LogP contribution in [0.15, 0.2) is 41.2 Å². The average molecular weight is 407 g/mol. The van der Waals surface area contributed by atoms with Crippen molar-refractivity contribution < 1.29 is 4.79 Å². The van der Waals surface area contributed by atoms with Crippen LogP contribution in [0.4, 0.5) is 0 Å². The molecule has 1 heterocycles. The Bertz CT molecular complexity index is 934. The Morgan fingerprint density at radius 2 is 1.82 bits per heavy atom. The maximum atomic E-state index is 12.7. The van der Waals surface area contributed by atoms with Gasteiger partial charge in [-0.15, -0.1) is 0 Å². The maximum absolute atomic E-state index is 12.7. The number of rotatable bonds is 3. The van der Waals surface area contributed by atoms with E-state index >= 15 is 0 Å². The highest BCUT2D eigenvalue weighted by molar-refractivity contribution is 14.1. The zero-order valence-corrected chi connectivity index (χ0v) is 13.8. The molecule has 0 spiro atoms. The van der Waals surface area contributed by atoms with E-state index in [0.29, 0.717) is 34.9 Å². The lowest BCUT2D eigenvalue weighted by Crippen LogP contribution is -2.29. The number of fused-ring (bicyclic) bond motifs is 2. The Hall–Kier alpha value is -1.93. The van der Waals surface area contributed by atoms with Crippen LogP contribution in [0.3, 0.4) is 0 Å². The highest BCUT2D eigenvalue weighted by Gasteiger charge is 2.14. The van der Waals surface area contributed by atoms with Gasteiger partial charge in [0.25, 0.3) is 5.91 Å². The normalized spacial score (nSPS) is 11.0. The van der Waals surface area contributed by atoms with E-state index in [-0.39, 0.29) is 11.3 Å². The van der Waals surface area contributed by atoms with E-state index in [1.54, 1.807) is 24.3 Å². The lowest BCUT2D eigenvalue weighted by atomic mass is 10.1. The first-order valence-corrected chi connectivity index (χ1v) is 7.93. The van der Waals surface area contributed by atoms with Gasteiger partial charge in [-0.25, -0.2) is 0 Å². The topological polar surface area (TPSA) is 88.0 Å². The van der Waals surface area contributed by atoms with Gasteiger partial charge < -0.3 is 16.0 Å². The Morgan fingerprint density at radius 1 is 1.14 bits per heavy atom. The Kier molecular flexibility index (Phi) is 4.12.